The number of hydrogen-bond acceptors (Lipinski definition) is 1. The van der Waals surface area contributed by atoms with Gasteiger partial charge >= 0.3 is 23.2 Å². The van der Waals surface area contributed by atoms with Gasteiger partial charge in [-0.25, -0.2) is 0 Å². The van der Waals surface area contributed by atoms with Gasteiger partial charge in [-0.1, -0.05) is 48.5 Å². The van der Waals surface area contributed by atoms with Gasteiger partial charge in [-0.15, -0.1) is 0 Å². The molecular formula is C18H16MoO. The summed E-state index contributed by atoms with van der Waals surface area (Å²) in [6.45, 7) is 0. The summed E-state index contributed by atoms with van der Waals surface area (Å²) < 4.78 is 8.26. The maximum absolute atomic E-state index is 8.26. The number of rotatable bonds is 0. The van der Waals surface area contributed by atoms with Crippen molar-refractivity contribution in [3.63, 3.8) is 0 Å². The topological polar surface area (TPSA) is 17.1 Å². The third-order valence-electron chi connectivity index (χ3n) is 4.26. The molecule has 0 saturated carbocycles. The van der Waals surface area contributed by atoms with Crippen LogP contribution in [-0.2, 0) is 36.0 Å². The molecule has 0 atom stereocenters. The molecule has 3 aromatic rings. The number of hydrogen-bond donors (Lipinski definition) is 0. The van der Waals surface area contributed by atoms with Crippen LogP contribution < -0.4 is 0 Å². The van der Waals surface area contributed by atoms with E-state index in [0.717, 1.165) is 0 Å². The van der Waals surface area contributed by atoms with E-state index in [2.05, 4.69) is 48.5 Å². The van der Waals surface area contributed by atoms with Gasteiger partial charge in [0.2, 0.25) is 0 Å². The summed E-state index contributed by atoms with van der Waals surface area (Å²) in [6, 6.07) is 18.0. The van der Waals surface area contributed by atoms with E-state index in [1.54, 1.807) is 11.1 Å². The van der Waals surface area contributed by atoms with Crippen LogP contribution in [0.5, 0.6) is 0 Å². The quantitative estimate of drug-likeness (QED) is 0.425. The molecule has 100 valence electrons. The SMILES string of the molecule is [O]=[Mo].c1ccc2c(c1)ccc1c3c(ccc12)CCCC3. The molecule has 1 nitrogen and oxygen atoms in total. The summed E-state index contributed by atoms with van der Waals surface area (Å²) in [4.78, 5) is 0. The summed E-state index contributed by atoms with van der Waals surface area (Å²) in [5, 5.41) is 5.64. The maximum Gasteiger partial charge on any atom is -0.0102 e. The van der Waals surface area contributed by atoms with Gasteiger partial charge in [0.15, 0.2) is 0 Å². The van der Waals surface area contributed by atoms with Gasteiger partial charge in [-0.2, -0.15) is 0 Å². The van der Waals surface area contributed by atoms with Crippen molar-refractivity contribution in [1.82, 2.24) is 0 Å². The molecule has 1 aliphatic carbocycles. The van der Waals surface area contributed by atoms with E-state index in [4.69, 9.17) is 3.40 Å². The van der Waals surface area contributed by atoms with E-state index in [1.807, 2.05) is 0 Å². The Kier molecular flexibility index (Phi) is 4.07. The molecule has 0 amide bonds. The van der Waals surface area contributed by atoms with Crippen molar-refractivity contribution in [2.45, 2.75) is 25.7 Å². The molecule has 1 aliphatic rings. The van der Waals surface area contributed by atoms with Crippen LogP contribution in [0.2, 0.25) is 0 Å². The van der Waals surface area contributed by atoms with E-state index in [-0.39, 0.29) is 0 Å². The van der Waals surface area contributed by atoms with E-state index < -0.39 is 0 Å². The Hall–Kier alpha value is -1.33. The van der Waals surface area contributed by atoms with E-state index in [9.17, 15) is 0 Å². The van der Waals surface area contributed by atoms with Gasteiger partial charge in [0.25, 0.3) is 0 Å². The zero-order valence-corrected chi connectivity index (χ0v) is 13.3. The molecule has 0 spiro atoms. The van der Waals surface area contributed by atoms with E-state index >= 15 is 0 Å². The van der Waals surface area contributed by atoms with Crippen LogP contribution in [0.15, 0.2) is 48.5 Å². The molecule has 0 bridgehead atoms. The molecule has 20 heavy (non-hydrogen) atoms. The Balaban J connectivity index is 0.000000581. The Labute approximate surface area is 130 Å². The standard InChI is InChI=1S/C18H16.Mo.O/c1-3-7-15-13(5-1)9-11-18-16-8-4-2-6-14(16)10-12-17(15)18;;/h1,3,5,7,9-12H,2,4,6,8H2;;. The number of aryl methyl sites for hydroxylation is 2. The summed E-state index contributed by atoms with van der Waals surface area (Å²) in [5.41, 5.74) is 3.17. The van der Waals surface area contributed by atoms with Crippen LogP contribution in [0.25, 0.3) is 21.5 Å². The fourth-order valence-electron chi connectivity index (χ4n) is 3.34. The van der Waals surface area contributed by atoms with Crippen LogP contribution in [0, 0.1) is 0 Å². The molecule has 0 unspecified atom stereocenters. The molecule has 0 N–H and O–H groups in total. The molecule has 0 saturated heterocycles. The molecule has 0 radical (unpaired) electrons. The molecule has 0 fully saturated rings. The molecule has 0 heterocycles. The fourth-order valence-corrected chi connectivity index (χ4v) is 3.34. The smallest absolute Gasteiger partial charge is 0.0102 e. The first-order valence-corrected chi connectivity index (χ1v) is 7.84. The van der Waals surface area contributed by atoms with Crippen molar-refractivity contribution in [3.8, 4) is 0 Å². The largest absolute Gasteiger partial charge is 0.0616 e. The summed E-state index contributed by atoms with van der Waals surface area (Å²) in [6.07, 6.45) is 5.22. The van der Waals surface area contributed by atoms with Crippen molar-refractivity contribution in [2.24, 2.45) is 0 Å². The van der Waals surface area contributed by atoms with Gasteiger partial charge in [0.1, 0.15) is 0 Å². The normalized spacial score (nSPS) is 13.6. The van der Waals surface area contributed by atoms with Crippen molar-refractivity contribution < 1.29 is 23.2 Å². The number of benzene rings is 3. The first-order valence-electron chi connectivity index (χ1n) is 7.02. The zero-order valence-electron chi connectivity index (χ0n) is 11.3. The molecule has 4 rings (SSSR count). The average Bonchev–Trinajstić information content (AvgIpc) is 2.56. The Morgan fingerprint density at radius 3 is 2.35 bits per heavy atom. The van der Waals surface area contributed by atoms with Gasteiger partial charge in [-0.05, 0) is 58.4 Å². The van der Waals surface area contributed by atoms with Crippen LogP contribution in [0.1, 0.15) is 24.0 Å². The Morgan fingerprint density at radius 1 is 0.700 bits per heavy atom. The zero-order chi connectivity index (χ0) is 13.9. The summed E-state index contributed by atoms with van der Waals surface area (Å²) in [7, 11) is 0. The van der Waals surface area contributed by atoms with Crippen molar-refractivity contribution in [2.75, 3.05) is 0 Å². The molecule has 3 aromatic carbocycles. The molecule has 2 heteroatoms. The predicted molar refractivity (Wildman–Crippen MR) is 78.8 cm³/mol. The predicted octanol–water partition coefficient (Wildman–Crippen LogP) is 4.75. The molecule has 0 aromatic heterocycles. The fraction of sp³-hybridized carbons (Fsp3) is 0.222. The first kappa shape index (κ1) is 13.6. The van der Waals surface area contributed by atoms with Crippen molar-refractivity contribution >= 4 is 21.5 Å². The second kappa shape index (κ2) is 5.97. The summed E-state index contributed by atoms with van der Waals surface area (Å²) >= 11 is 0.700. The van der Waals surface area contributed by atoms with Crippen molar-refractivity contribution in [3.05, 3.63) is 59.7 Å². The second-order valence-electron chi connectivity index (χ2n) is 5.29. The minimum Gasteiger partial charge on any atom is -0.0616 e. The van der Waals surface area contributed by atoms with Gasteiger partial charge in [0, 0.05) is 0 Å². The Bertz CT molecular complexity index is 764. The molecular weight excluding hydrogens is 328 g/mol. The van der Waals surface area contributed by atoms with E-state index in [1.165, 1.54) is 47.2 Å². The molecule has 0 aliphatic heterocycles. The summed E-state index contributed by atoms with van der Waals surface area (Å²) in [5.74, 6) is 0. The third kappa shape index (κ3) is 2.25. The van der Waals surface area contributed by atoms with Gasteiger partial charge in [0.05, 0.1) is 0 Å². The first-order chi connectivity index (χ1) is 9.93. The van der Waals surface area contributed by atoms with Crippen LogP contribution in [0.4, 0.5) is 0 Å². The van der Waals surface area contributed by atoms with Gasteiger partial charge in [-0.3, -0.25) is 0 Å². The van der Waals surface area contributed by atoms with Crippen molar-refractivity contribution in [1.29, 1.82) is 0 Å². The minimum absolute atomic E-state index is 0.700. The number of fused-ring (bicyclic) bond motifs is 5. The van der Waals surface area contributed by atoms with E-state index in [0.29, 0.717) is 19.8 Å². The monoisotopic (exact) mass is 346 g/mol. The second-order valence-corrected chi connectivity index (χ2v) is 5.29. The average molecular weight is 344 g/mol. The van der Waals surface area contributed by atoms with Gasteiger partial charge < -0.3 is 0 Å². The Morgan fingerprint density at radius 2 is 1.45 bits per heavy atom. The van der Waals surface area contributed by atoms with Crippen LogP contribution in [-0.4, -0.2) is 0 Å². The minimum atomic E-state index is 0.700. The maximum atomic E-state index is 8.26. The van der Waals surface area contributed by atoms with Crippen LogP contribution >= 0.6 is 0 Å². The third-order valence-corrected chi connectivity index (χ3v) is 4.26. The van der Waals surface area contributed by atoms with Crippen LogP contribution in [0.3, 0.4) is 0 Å².